The number of fused-ring (bicyclic) bond motifs is 9. The third-order valence-corrected chi connectivity index (χ3v) is 7.81. The molecule has 7 heteroatoms. The van der Waals surface area contributed by atoms with E-state index in [1.807, 2.05) is 72.8 Å². The van der Waals surface area contributed by atoms with Gasteiger partial charge in [-0.15, -0.1) is 0 Å². The van der Waals surface area contributed by atoms with Crippen LogP contribution in [0.2, 0.25) is 0 Å². The van der Waals surface area contributed by atoms with Crippen molar-refractivity contribution in [3.05, 3.63) is 119 Å². The van der Waals surface area contributed by atoms with Crippen molar-refractivity contribution >= 4 is 63.1 Å². The van der Waals surface area contributed by atoms with Gasteiger partial charge in [-0.3, -0.25) is 4.79 Å². The number of benzene rings is 2. The summed E-state index contributed by atoms with van der Waals surface area (Å²) < 4.78 is 4.97. The first-order valence-electron chi connectivity index (χ1n) is 15.3. The Morgan fingerprint density at radius 1 is 0.733 bits per heavy atom. The first-order chi connectivity index (χ1) is 21.9. The molecule has 0 radical (unpaired) electrons. The summed E-state index contributed by atoms with van der Waals surface area (Å²) in [5.41, 5.74) is 8.95. The van der Waals surface area contributed by atoms with Gasteiger partial charge < -0.3 is 19.8 Å². The molecular formula is C38H36N4O3. The fourth-order valence-electron chi connectivity index (χ4n) is 5.68. The molecule has 3 aromatic heterocycles. The molecule has 2 atom stereocenters. The zero-order valence-electron chi connectivity index (χ0n) is 25.4. The number of aromatic nitrogens is 4. The summed E-state index contributed by atoms with van der Waals surface area (Å²) in [6, 6.07) is 30.6. The average molecular weight is 597 g/mol. The summed E-state index contributed by atoms with van der Waals surface area (Å²) in [7, 11) is 0. The van der Waals surface area contributed by atoms with Gasteiger partial charge in [0.05, 0.1) is 35.5 Å². The van der Waals surface area contributed by atoms with Crippen molar-refractivity contribution in [1.29, 1.82) is 0 Å². The molecule has 45 heavy (non-hydrogen) atoms. The lowest BCUT2D eigenvalue weighted by Crippen LogP contribution is -2.17. The maximum atomic E-state index is 11.6. The second kappa shape index (κ2) is 13.6. The minimum Gasteiger partial charge on any atom is -0.466 e. The Bertz CT molecular complexity index is 1870. The number of nitrogens with one attached hydrogen (secondary N) is 2. The molecule has 226 valence electrons. The van der Waals surface area contributed by atoms with Crippen molar-refractivity contribution < 1.29 is 14.6 Å². The van der Waals surface area contributed by atoms with Gasteiger partial charge in [-0.05, 0) is 109 Å². The number of esters is 1. The Morgan fingerprint density at radius 3 is 1.71 bits per heavy atom. The molecule has 7 nitrogen and oxygen atoms in total. The van der Waals surface area contributed by atoms with E-state index in [-0.39, 0.29) is 11.9 Å². The van der Waals surface area contributed by atoms with Crippen LogP contribution in [-0.2, 0) is 9.53 Å². The number of ether oxygens (including phenoxy) is 1. The van der Waals surface area contributed by atoms with Crippen LogP contribution in [0.1, 0.15) is 60.9 Å². The fourth-order valence-corrected chi connectivity index (χ4v) is 5.68. The number of carbonyl (C=O) groups excluding carboxylic acids is 1. The summed E-state index contributed by atoms with van der Waals surface area (Å²) in [5.74, 6) is -0.274. The second-order valence-electron chi connectivity index (χ2n) is 11.2. The van der Waals surface area contributed by atoms with Gasteiger partial charge in [-0.25, -0.2) is 9.97 Å². The van der Waals surface area contributed by atoms with E-state index < -0.39 is 6.10 Å². The third-order valence-electron chi connectivity index (χ3n) is 7.81. The van der Waals surface area contributed by atoms with Crippen molar-refractivity contribution in [2.45, 2.75) is 38.7 Å². The van der Waals surface area contributed by atoms with Gasteiger partial charge in [-0.1, -0.05) is 42.5 Å². The van der Waals surface area contributed by atoms with Gasteiger partial charge >= 0.3 is 5.97 Å². The number of aliphatic hydroxyl groups excluding tert-OH is 1. The number of hydrogen-bond acceptors (Lipinski definition) is 5. The van der Waals surface area contributed by atoms with Crippen molar-refractivity contribution in [2.75, 3.05) is 6.61 Å². The minimum atomic E-state index is -0.509. The number of carbonyl (C=O) groups is 1. The fraction of sp³-hybridized carbons (Fsp3) is 0.184. The van der Waals surface area contributed by atoms with E-state index in [1.165, 1.54) is 0 Å². The number of nitrogens with zero attached hydrogens (tertiary/aromatic N) is 2. The van der Waals surface area contributed by atoms with Crippen LogP contribution in [0.25, 0.3) is 57.1 Å². The normalized spacial score (nSPS) is 13.2. The Labute approximate surface area is 262 Å². The number of hydrogen-bond donors (Lipinski definition) is 3. The molecule has 7 rings (SSSR count). The highest BCUT2D eigenvalue weighted by Gasteiger charge is 2.21. The Kier molecular flexibility index (Phi) is 8.99. The van der Waals surface area contributed by atoms with E-state index in [0.29, 0.717) is 19.4 Å². The highest BCUT2D eigenvalue weighted by molar-refractivity contribution is 5.86. The molecule has 5 aromatic rings. The van der Waals surface area contributed by atoms with Crippen LogP contribution >= 0.6 is 0 Å². The SMILES string of the molecule is C1=Cc2cc3ccc(cc4nc(cc5ccc(cc1n2)[nH]5)C=C4)[nH]3.CCOC(=O)CCC(c1cccc2ccccc12)C(C)O. The summed E-state index contributed by atoms with van der Waals surface area (Å²) >= 11 is 0. The number of aromatic amines is 2. The first-order valence-corrected chi connectivity index (χ1v) is 15.3. The predicted octanol–water partition coefficient (Wildman–Crippen LogP) is 8.30. The molecule has 0 fully saturated rings. The summed E-state index contributed by atoms with van der Waals surface area (Å²) in [4.78, 5) is 27.6. The van der Waals surface area contributed by atoms with Crippen LogP contribution in [0.15, 0.2) is 91.0 Å². The minimum absolute atomic E-state index is 0.0690. The Morgan fingerprint density at radius 2 is 1.22 bits per heavy atom. The molecule has 0 saturated carbocycles. The topological polar surface area (TPSA) is 104 Å². The smallest absolute Gasteiger partial charge is 0.305 e. The molecule has 2 aliphatic rings. The maximum absolute atomic E-state index is 11.6. The van der Waals surface area contributed by atoms with Crippen LogP contribution in [0, 0.1) is 0 Å². The molecule has 0 amide bonds. The molecule has 0 saturated heterocycles. The molecule has 0 spiro atoms. The van der Waals surface area contributed by atoms with E-state index in [1.54, 1.807) is 13.8 Å². The van der Waals surface area contributed by atoms with Crippen molar-refractivity contribution in [3.63, 3.8) is 0 Å². The number of H-pyrrole nitrogens is 2. The third kappa shape index (κ3) is 7.45. The Balaban J connectivity index is 0.000000161. The van der Waals surface area contributed by atoms with E-state index in [9.17, 15) is 9.90 Å². The average Bonchev–Trinajstić information content (AvgIpc) is 3.85. The van der Waals surface area contributed by atoms with E-state index in [0.717, 1.165) is 61.2 Å². The largest absolute Gasteiger partial charge is 0.466 e. The van der Waals surface area contributed by atoms with Crippen LogP contribution in [0.5, 0.6) is 0 Å². The van der Waals surface area contributed by atoms with Gasteiger partial charge in [0.25, 0.3) is 0 Å². The molecule has 0 aliphatic carbocycles. The molecular weight excluding hydrogens is 560 g/mol. The standard InChI is InChI=1S/C20H14N4.C18H22O3/c1-2-14-10-16-5-6-18(23-16)12-20-8-7-19(24-20)11-17-4-3-15(22-17)9-13(1)21-14;1-3-21-18(20)12-11-15(13(2)19)17-10-6-8-14-7-4-5-9-16(14)17/h1-12,21,24H;4-10,13,15,19H,3,11-12H2,1-2H3. The lowest BCUT2D eigenvalue weighted by atomic mass is 9.86. The summed E-state index contributed by atoms with van der Waals surface area (Å²) in [6.07, 6.45) is 8.50. The van der Waals surface area contributed by atoms with Gasteiger partial charge in [0.2, 0.25) is 0 Å². The molecule has 8 bridgehead atoms. The van der Waals surface area contributed by atoms with E-state index in [2.05, 4.69) is 62.4 Å². The van der Waals surface area contributed by atoms with Crippen LogP contribution in [0.3, 0.4) is 0 Å². The molecule has 2 unspecified atom stereocenters. The van der Waals surface area contributed by atoms with Crippen molar-refractivity contribution in [2.24, 2.45) is 0 Å². The molecule has 5 heterocycles. The zero-order chi connectivity index (χ0) is 31.2. The van der Waals surface area contributed by atoms with E-state index in [4.69, 9.17) is 4.74 Å². The maximum Gasteiger partial charge on any atom is 0.305 e. The van der Waals surface area contributed by atoms with Gasteiger partial charge in [-0.2, -0.15) is 0 Å². The van der Waals surface area contributed by atoms with Gasteiger partial charge in [0.1, 0.15) is 0 Å². The van der Waals surface area contributed by atoms with Gasteiger partial charge in [0, 0.05) is 34.4 Å². The van der Waals surface area contributed by atoms with Crippen molar-refractivity contribution in [3.8, 4) is 0 Å². The van der Waals surface area contributed by atoms with Gasteiger partial charge in [0.15, 0.2) is 0 Å². The summed E-state index contributed by atoms with van der Waals surface area (Å²) in [6.45, 7) is 3.97. The highest BCUT2D eigenvalue weighted by atomic mass is 16.5. The Hall–Kier alpha value is -5.27. The lowest BCUT2D eigenvalue weighted by Gasteiger charge is -2.21. The quantitative estimate of drug-likeness (QED) is 0.168. The monoisotopic (exact) mass is 596 g/mol. The van der Waals surface area contributed by atoms with Crippen LogP contribution in [-0.4, -0.2) is 43.7 Å². The van der Waals surface area contributed by atoms with Crippen molar-refractivity contribution in [1.82, 2.24) is 19.9 Å². The second-order valence-corrected chi connectivity index (χ2v) is 11.2. The molecule has 2 aliphatic heterocycles. The molecule has 2 aromatic carbocycles. The zero-order valence-corrected chi connectivity index (χ0v) is 25.4. The van der Waals surface area contributed by atoms with Crippen LogP contribution in [0.4, 0.5) is 0 Å². The number of rotatable bonds is 6. The highest BCUT2D eigenvalue weighted by Crippen LogP contribution is 2.31. The predicted molar refractivity (Wildman–Crippen MR) is 183 cm³/mol. The van der Waals surface area contributed by atoms with Crippen LogP contribution < -0.4 is 0 Å². The number of aliphatic hydroxyl groups is 1. The summed E-state index contributed by atoms with van der Waals surface area (Å²) in [5, 5.41) is 12.4. The van der Waals surface area contributed by atoms with E-state index >= 15 is 0 Å². The first kappa shape index (κ1) is 29.8. The lowest BCUT2D eigenvalue weighted by molar-refractivity contribution is -0.143. The molecule has 3 N–H and O–H groups in total.